The van der Waals surface area contributed by atoms with E-state index in [0.29, 0.717) is 28.8 Å². The molecule has 0 spiro atoms. The Labute approximate surface area is 206 Å². The number of amides is 2. The number of nitrogens with zero attached hydrogens (tertiary/aromatic N) is 1. The highest BCUT2D eigenvalue weighted by Crippen LogP contribution is 2.27. The van der Waals surface area contributed by atoms with Gasteiger partial charge < -0.3 is 15.5 Å². The van der Waals surface area contributed by atoms with Crippen molar-refractivity contribution < 1.29 is 9.59 Å². The molecule has 7 heteroatoms. The molecule has 0 saturated heterocycles. The Balaban J connectivity index is 1.55. The van der Waals surface area contributed by atoms with E-state index in [2.05, 4.69) is 10.6 Å². The molecule has 2 amide bonds. The molecule has 2 aromatic carbocycles. The summed E-state index contributed by atoms with van der Waals surface area (Å²) in [7, 11) is 3.94. The number of benzene rings is 2. The molecule has 3 rings (SSSR count). The average Bonchev–Trinajstić information content (AvgIpc) is 2.83. The van der Waals surface area contributed by atoms with Gasteiger partial charge in [0.1, 0.15) is 0 Å². The summed E-state index contributed by atoms with van der Waals surface area (Å²) in [6.45, 7) is 1.19. The SMILES string of the molecule is CN(C)C(CNC(=O)c1ccccc1SCC(=O)NCC1CCCCC1)c1ccccc1Cl. The monoisotopic (exact) mass is 487 g/mol. The molecule has 0 heterocycles. The lowest BCUT2D eigenvalue weighted by Gasteiger charge is -2.26. The number of thioether (sulfide) groups is 1. The molecule has 5 nitrogen and oxygen atoms in total. The maximum Gasteiger partial charge on any atom is 0.252 e. The van der Waals surface area contributed by atoms with E-state index in [1.165, 1.54) is 43.9 Å². The molecule has 0 aromatic heterocycles. The van der Waals surface area contributed by atoms with Gasteiger partial charge in [0.15, 0.2) is 0 Å². The van der Waals surface area contributed by atoms with Crippen LogP contribution in [0.5, 0.6) is 0 Å². The van der Waals surface area contributed by atoms with E-state index in [0.717, 1.165) is 17.0 Å². The molecule has 33 heavy (non-hydrogen) atoms. The molecule has 0 radical (unpaired) electrons. The number of carbonyl (C=O) groups is 2. The first-order chi connectivity index (χ1) is 16.0. The predicted molar refractivity (Wildman–Crippen MR) is 137 cm³/mol. The minimum absolute atomic E-state index is 0.0205. The Morgan fingerprint density at radius 2 is 1.73 bits per heavy atom. The number of halogens is 1. The highest BCUT2D eigenvalue weighted by Gasteiger charge is 2.20. The van der Waals surface area contributed by atoms with Gasteiger partial charge in [0.25, 0.3) is 5.91 Å². The fourth-order valence-corrected chi connectivity index (χ4v) is 5.37. The lowest BCUT2D eigenvalue weighted by molar-refractivity contribution is -0.118. The molecule has 1 fully saturated rings. The van der Waals surface area contributed by atoms with E-state index in [1.807, 2.05) is 61.5 Å². The van der Waals surface area contributed by atoms with Crippen LogP contribution in [0.2, 0.25) is 5.02 Å². The van der Waals surface area contributed by atoms with E-state index in [9.17, 15) is 9.59 Å². The molecule has 1 aliphatic rings. The summed E-state index contributed by atoms with van der Waals surface area (Å²) in [4.78, 5) is 28.2. The van der Waals surface area contributed by atoms with E-state index in [4.69, 9.17) is 11.6 Å². The van der Waals surface area contributed by atoms with Crippen LogP contribution < -0.4 is 10.6 Å². The smallest absolute Gasteiger partial charge is 0.252 e. The van der Waals surface area contributed by atoms with Crippen molar-refractivity contribution in [2.24, 2.45) is 5.92 Å². The Morgan fingerprint density at radius 3 is 2.45 bits per heavy atom. The summed E-state index contributed by atoms with van der Waals surface area (Å²) in [5.41, 5.74) is 1.56. The van der Waals surface area contributed by atoms with Gasteiger partial charge in [-0.05, 0) is 56.6 Å². The zero-order valence-electron chi connectivity index (χ0n) is 19.5. The minimum atomic E-state index is -0.153. The van der Waals surface area contributed by atoms with Crippen molar-refractivity contribution in [1.82, 2.24) is 15.5 Å². The number of rotatable bonds is 10. The number of carbonyl (C=O) groups excluding carboxylic acids is 2. The van der Waals surface area contributed by atoms with E-state index in [-0.39, 0.29) is 17.9 Å². The van der Waals surface area contributed by atoms with Crippen LogP contribution >= 0.6 is 23.4 Å². The van der Waals surface area contributed by atoms with Gasteiger partial charge in [-0.15, -0.1) is 11.8 Å². The number of hydrogen-bond donors (Lipinski definition) is 2. The van der Waals surface area contributed by atoms with Crippen LogP contribution in [-0.4, -0.2) is 49.7 Å². The van der Waals surface area contributed by atoms with E-state index >= 15 is 0 Å². The Kier molecular flexibility index (Phi) is 10.1. The molecule has 0 bridgehead atoms. The summed E-state index contributed by atoms with van der Waals surface area (Å²) >= 11 is 7.79. The summed E-state index contributed by atoms with van der Waals surface area (Å²) in [5, 5.41) is 6.80. The maximum atomic E-state index is 13.0. The average molecular weight is 488 g/mol. The summed E-state index contributed by atoms with van der Waals surface area (Å²) < 4.78 is 0. The van der Waals surface area contributed by atoms with Gasteiger partial charge in [0.2, 0.25) is 5.91 Å². The van der Waals surface area contributed by atoms with E-state index < -0.39 is 0 Å². The Morgan fingerprint density at radius 1 is 1.03 bits per heavy atom. The largest absolute Gasteiger partial charge is 0.355 e. The highest BCUT2D eigenvalue weighted by molar-refractivity contribution is 8.00. The summed E-state index contributed by atoms with van der Waals surface area (Å²) in [6.07, 6.45) is 6.26. The highest BCUT2D eigenvalue weighted by atomic mass is 35.5. The van der Waals surface area contributed by atoms with Gasteiger partial charge in [-0.2, -0.15) is 0 Å². The van der Waals surface area contributed by atoms with Crippen LogP contribution in [-0.2, 0) is 4.79 Å². The molecular weight excluding hydrogens is 454 g/mol. The van der Waals surface area contributed by atoms with Crippen molar-refractivity contribution in [1.29, 1.82) is 0 Å². The second-order valence-electron chi connectivity index (χ2n) is 8.80. The third-order valence-electron chi connectivity index (χ3n) is 6.15. The maximum absolute atomic E-state index is 13.0. The van der Waals surface area contributed by atoms with Crippen LogP contribution in [0, 0.1) is 5.92 Å². The topological polar surface area (TPSA) is 61.4 Å². The van der Waals surface area contributed by atoms with Gasteiger partial charge in [-0.1, -0.05) is 61.2 Å². The third-order valence-corrected chi connectivity index (χ3v) is 7.56. The molecule has 2 aromatic rings. The van der Waals surface area contributed by atoms with Crippen molar-refractivity contribution in [3.05, 3.63) is 64.7 Å². The third kappa shape index (κ3) is 7.76. The van der Waals surface area contributed by atoms with Gasteiger partial charge in [0, 0.05) is 23.0 Å². The van der Waals surface area contributed by atoms with Crippen LogP contribution in [0.1, 0.15) is 54.1 Å². The molecule has 1 aliphatic carbocycles. The quantitative estimate of drug-likeness (QED) is 0.454. The van der Waals surface area contributed by atoms with Crippen molar-refractivity contribution in [3.63, 3.8) is 0 Å². The Bertz CT molecular complexity index is 931. The van der Waals surface area contributed by atoms with Crippen molar-refractivity contribution in [2.45, 2.75) is 43.0 Å². The van der Waals surface area contributed by atoms with Crippen molar-refractivity contribution in [2.75, 3.05) is 32.9 Å². The van der Waals surface area contributed by atoms with Crippen LogP contribution in [0.3, 0.4) is 0 Å². The lowest BCUT2D eigenvalue weighted by Crippen LogP contribution is -2.35. The van der Waals surface area contributed by atoms with Crippen molar-refractivity contribution in [3.8, 4) is 0 Å². The van der Waals surface area contributed by atoms with Crippen LogP contribution in [0.15, 0.2) is 53.4 Å². The zero-order chi connectivity index (χ0) is 23.6. The van der Waals surface area contributed by atoms with E-state index in [1.54, 1.807) is 6.07 Å². The second-order valence-corrected chi connectivity index (χ2v) is 10.2. The number of likely N-dealkylation sites (N-methyl/N-ethyl adjacent to an activating group) is 1. The summed E-state index contributed by atoms with van der Waals surface area (Å²) in [5.74, 6) is 0.775. The number of nitrogens with one attached hydrogen (secondary N) is 2. The zero-order valence-corrected chi connectivity index (χ0v) is 21.1. The summed E-state index contributed by atoms with van der Waals surface area (Å²) in [6, 6.07) is 15.1. The molecule has 178 valence electrons. The molecule has 1 saturated carbocycles. The normalized spacial score (nSPS) is 15.3. The predicted octanol–water partition coefficient (Wildman–Crippen LogP) is 5.16. The first-order valence-electron chi connectivity index (χ1n) is 11.6. The number of hydrogen-bond acceptors (Lipinski definition) is 4. The first kappa shape index (κ1) is 25.6. The van der Waals surface area contributed by atoms with Gasteiger partial charge in [-0.3, -0.25) is 9.59 Å². The minimum Gasteiger partial charge on any atom is -0.355 e. The molecule has 1 unspecified atom stereocenters. The molecule has 2 N–H and O–H groups in total. The molecular formula is C26H34ClN3O2S. The second kappa shape index (κ2) is 13.0. The fourth-order valence-electron chi connectivity index (χ4n) is 4.22. The van der Waals surface area contributed by atoms with Gasteiger partial charge >= 0.3 is 0 Å². The Hall–Kier alpha value is -2.02. The van der Waals surface area contributed by atoms with Crippen molar-refractivity contribution >= 4 is 35.2 Å². The molecule has 0 aliphatic heterocycles. The molecule has 1 atom stereocenters. The van der Waals surface area contributed by atoms with Gasteiger partial charge in [-0.25, -0.2) is 0 Å². The standard InChI is InChI=1S/C26H34ClN3O2S/c1-30(2)23(20-12-6-8-14-22(20)27)17-29-26(32)21-13-7-9-15-24(21)33-18-25(31)28-16-19-10-4-3-5-11-19/h6-9,12-15,19,23H,3-5,10-11,16-18H2,1-2H3,(H,28,31)(H,29,32). The fraction of sp³-hybridized carbons (Fsp3) is 0.462. The van der Waals surface area contributed by atoms with Crippen LogP contribution in [0.4, 0.5) is 0 Å². The lowest BCUT2D eigenvalue weighted by atomic mass is 9.89. The van der Waals surface area contributed by atoms with Gasteiger partial charge in [0.05, 0.1) is 17.4 Å². The first-order valence-corrected chi connectivity index (χ1v) is 13.0. The van der Waals surface area contributed by atoms with Crippen LogP contribution in [0.25, 0.3) is 0 Å².